The van der Waals surface area contributed by atoms with E-state index in [-0.39, 0.29) is 11.8 Å². The molecule has 5 nitrogen and oxygen atoms in total. The molecule has 146 valence electrons. The van der Waals surface area contributed by atoms with Gasteiger partial charge in [0.15, 0.2) is 0 Å². The van der Waals surface area contributed by atoms with E-state index >= 15 is 0 Å². The van der Waals surface area contributed by atoms with E-state index in [1.54, 1.807) is 30.3 Å². The van der Waals surface area contributed by atoms with Gasteiger partial charge < -0.3 is 5.32 Å². The molecule has 0 aliphatic carbocycles. The van der Waals surface area contributed by atoms with Crippen LogP contribution >= 0.6 is 50.1 Å². The zero-order chi connectivity index (χ0) is 20.5. The minimum atomic E-state index is -0.584. The van der Waals surface area contributed by atoms with Gasteiger partial charge in [0.2, 0.25) is 0 Å². The van der Waals surface area contributed by atoms with Gasteiger partial charge in [-0.15, -0.1) is 0 Å². The molecule has 0 aromatic heterocycles. The van der Waals surface area contributed by atoms with Gasteiger partial charge in [0.1, 0.15) is 6.17 Å². The van der Waals surface area contributed by atoms with Crippen LogP contribution in [0.1, 0.15) is 32.4 Å². The van der Waals surface area contributed by atoms with Gasteiger partial charge >= 0.3 is 0 Å². The van der Waals surface area contributed by atoms with E-state index < -0.39 is 6.17 Å². The van der Waals surface area contributed by atoms with Gasteiger partial charge in [-0.05, 0) is 70.6 Å². The summed E-state index contributed by atoms with van der Waals surface area (Å²) in [4.78, 5) is 26.2. The molecule has 2 N–H and O–H groups in total. The molecule has 2 amide bonds. The van der Waals surface area contributed by atoms with Crippen LogP contribution in [0.3, 0.4) is 0 Å². The Morgan fingerprint density at radius 1 is 1.10 bits per heavy atom. The fourth-order valence-corrected chi connectivity index (χ4v) is 4.21. The Hall–Kier alpha value is -2.10. The molecule has 0 saturated heterocycles. The van der Waals surface area contributed by atoms with Gasteiger partial charge in [0.25, 0.3) is 11.8 Å². The van der Waals surface area contributed by atoms with Crippen LogP contribution in [0.15, 0.2) is 71.2 Å². The van der Waals surface area contributed by atoms with Gasteiger partial charge in [0, 0.05) is 18.8 Å². The minimum Gasteiger partial charge on any atom is -0.359 e. The van der Waals surface area contributed by atoms with Crippen molar-refractivity contribution in [3.63, 3.8) is 0 Å². The van der Waals surface area contributed by atoms with Gasteiger partial charge in [-0.25, -0.2) is 5.01 Å². The van der Waals surface area contributed by atoms with Crippen molar-refractivity contribution in [1.82, 2.24) is 10.4 Å². The van der Waals surface area contributed by atoms with Crippen molar-refractivity contribution in [2.45, 2.75) is 6.17 Å². The topological polar surface area (TPSA) is 61.4 Å². The highest BCUT2D eigenvalue weighted by molar-refractivity contribution is 14.1. The van der Waals surface area contributed by atoms with Crippen LogP contribution in [0.4, 0.5) is 5.69 Å². The predicted octanol–water partition coefficient (Wildman–Crippen LogP) is 5.62. The molecule has 1 atom stereocenters. The van der Waals surface area contributed by atoms with Crippen molar-refractivity contribution in [3.05, 3.63) is 96.5 Å². The van der Waals surface area contributed by atoms with Crippen molar-refractivity contribution in [2.75, 3.05) is 5.32 Å². The second-order valence-electron chi connectivity index (χ2n) is 6.38. The van der Waals surface area contributed by atoms with E-state index in [0.29, 0.717) is 21.8 Å². The normalized spacial score (nSPS) is 15.5. The molecule has 1 aliphatic heterocycles. The number of amides is 2. The summed E-state index contributed by atoms with van der Waals surface area (Å²) < 4.78 is 1.58. The SMILES string of the molecule is O=C(NN1C(=O)c2cc(Br)ccc2N[C@H]1c1ccc(Cl)cc1)c1ccccc1I. The maximum atomic E-state index is 13.3. The molecule has 29 heavy (non-hydrogen) atoms. The first-order valence-corrected chi connectivity index (χ1v) is 10.9. The number of hydrazine groups is 1. The molecular formula is C21H14BrClIN3O2. The molecule has 0 fully saturated rings. The lowest BCUT2D eigenvalue weighted by atomic mass is 10.0. The highest BCUT2D eigenvalue weighted by atomic mass is 127. The lowest BCUT2D eigenvalue weighted by molar-refractivity contribution is 0.0490. The van der Waals surface area contributed by atoms with Crippen molar-refractivity contribution in [2.24, 2.45) is 0 Å². The average Bonchev–Trinajstić information content (AvgIpc) is 2.71. The third-order valence-electron chi connectivity index (χ3n) is 4.51. The molecule has 3 aromatic rings. The van der Waals surface area contributed by atoms with Gasteiger partial charge in [0.05, 0.1) is 11.1 Å². The highest BCUT2D eigenvalue weighted by Gasteiger charge is 2.35. The van der Waals surface area contributed by atoms with E-state index in [2.05, 4.69) is 49.3 Å². The van der Waals surface area contributed by atoms with E-state index in [9.17, 15) is 9.59 Å². The quantitative estimate of drug-likeness (QED) is 0.395. The Morgan fingerprint density at radius 2 is 1.83 bits per heavy atom. The van der Waals surface area contributed by atoms with Crippen molar-refractivity contribution in [3.8, 4) is 0 Å². The molecule has 0 unspecified atom stereocenters. The molecular weight excluding hydrogens is 569 g/mol. The molecule has 3 aromatic carbocycles. The largest absolute Gasteiger partial charge is 0.359 e. The number of nitrogens with zero attached hydrogens (tertiary/aromatic N) is 1. The fourth-order valence-electron chi connectivity index (χ4n) is 3.09. The summed E-state index contributed by atoms with van der Waals surface area (Å²) in [6, 6.07) is 19.8. The zero-order valence-electron chi connectivity index (χ0n) is 14.8. The van der Waals surface area contributed by atoms with Crippen LogP contribution in [0.25, 0.3) is 0 Å². The summed E-state index contributed by atoms with van der Waals surface area (Å²) in [5, 5.41) is 5.25. The lowest BCUT2D eigenvalue weighted by Gasteiger charge is -2.38. The Balaban J connectivity index is 1.74. The standard InChI is InChI=1S/C21H14BrClIN3O2/c22-13-7-10-18-16(11-13)21(29)27(19(25-18)12-5-8-14(23)9-6-12)26-20(28)15-3-1-2-4-17(15)24/h1-11,19,25H,(H,26,28)/t19-/m1/s1. The first kappa shape index (κ1) is 20.2. The first-order chi connectivity index (χ1) is 13.9. The summed E-state index contributed by atoms with van der Waals surface area (Å²) in [6.07, 6.45) is -0.584. The van der Waals surface area contributed by atoms with Crippen LogP contribution < -0.4 is 10.7 Å². The molecule has 0 saturated carbocycles. The Morgan fingerprint density at radius 3 is 2.55 bits per heavy atom. The number of hydrogen-bond acceptors (Lipinski definition) is 3. The number of carbonyl (C=O) groups excluding carboxylic acids is 2. The Kier molecular flexibility index (Phi) is 5.80. The lowest BCUT2D eigenvalue weighted by Crippen LogP contribution is -2.53. The number of halogens is 3. The number of benzene rings is 3. The first-order valence-electron chi connectivity index (χ1n) is 8.64. The third-order valence-corrected chi connectivity index (χ3v) is 6.19. The van der Waals surface area contributed by atoms with Crippen LogP contribution in [-0.4, -0.2) is 16.8 Å². The zero-order valence-corrected chi connectivity index (χ0v) is 19.3. The van der Waals surface area contributed by atoms with Crippen LogP contribution in [0, 0.1) is 3.57 Å². The van der Waals surface area contributed by atoms with E-state index in [0.717, 1.165) is 13.6 Å². The van der Waals surface area contributed by atoms with Gasteiger partial charge in [-0.1, -0.05) is 51.8 Å². The molecule has 1 heterocycles. The van der Waals surface area contributed by atoms with E-state index in [4.69, 9.17) is 11.6 Å². The monoisotopic (exact) mass is 581 g/mol. The van der Waals surface area contributed by atoms with Gasteiger partial charge in [-0.3, -0.25) is 15.0 Å². The van der Waals surface area contributed by atoms with Crippen molar-refractivity contribution in [1.29, 1.82) is 0 Å². The molecule has 8 heteroatoms. The molecule has 0 radical (unpaired) electrons. The second kappa shape index (κ2) is 8.33. The number of nitrogens with one attached hydrogen (secondary N) is 2. The summed E-state index contributed by atoms with van der Waals surface area (Å²) >= 11 is 11.5. The summed E-state index contributed by atoms with van der Waals surface area (Å²) in [5.74, 6) is -0.665. The van der Waals surface area contributed by atoms with Crippen LogP contribution in [-0.2, 0) is 0 Å². The number of hydrogen-bond donors (Lipinski definition) is 2. The smallest absolute Gasteiger partial charge is 0.276 e. The number of anilines is 1. The highest BCUT2D eigenvalue weighted by Crippen LogP contribution is 2.34. The number of carbonyl (C=O) groups is 2. The maximum Gasteiger partial charge on any atom is 0.276 e. The predicted molar refractivity (Wildman–Crippen MR) is 125 cm³/mol. The second-order valence-corrected chi connectivity index (χ2v) is 8.90. The van der Waals surface area contributed by atoms with Crippen molar-refractivity contribution >= 4 is 67.6 Å². The Labute approximate surface area is 194 Å². The molecule has 4 rings (SSSR count). The molecule has 0 spiro atoms. The van der Waals surface area contributed by atoms with E-state index in [1.165, 1.54) is 5.01 Å². The van der Waals surface area contributed by atoms with Crippen LogP contribution in [0.2, 0.25) is 5.02 Å². The molecule has 1 aliphatic rings. The van der Waals surface area contributed by atoms with Crippen LogP contribution in [0.5, 0.6) is 0 Å². The maximum absolute atomic E-state index is 13.3. The average molecular weight is 583 g/mol. The van der Waals surface area contributed by atoms with E-state index in [1.807, 2.05) is 36.4 Å². The number of fused-ring (bicyclic) bond motifs is 1. The molecule has 0 bridgehead atoms. The third kappa shape index (κ3) is 4.12. The summed E-state index contributed by atoms with van der Waals surface area (Å²) in [7, 11) is 0. The summed E-state index contributed by atoms with van der Waals surface area (Å²) in [6.45, 7) is 0. The van der Waals surface area contributed by atoms with Gasteiger partial charge in [-0.2, -0.15) is 0 Å². The fraction of sp³-hybridized carbons (Fsp3) is 0.0476. The number of rotatable bonds is 3. The summed E-state index contributed by atoms with van der Waals surface area (Å²) in [5.41, 5.74) is 5.22. The van der Waals surface area contributed by atoms with Crippen molar-refractivity contribution < 1.29 is 9.59 Å². The minimum absolute atomic E-state index is 0.306. The Bertz CT molecular complexity index is 1110.